The molecule has 2 aromatic rings. The molecule has 1 saturated heterocycles. The van der Waals surface area contributed by atoms with Gasteiger partial charge in [0, 0.05) is 44.8 Å². The van der Waals surface area contributed by atoms with E-state index in [-0.39, 0.29) is 17.7 Å². The van der Waals surface area contributed by atoms with Crippen molar-refractivity contribution in [2.75, 3.05) is 49.1 Å². The van der Waals surface area contributed by atoms with Gasteiger partial charge in [0.15, 0.2) is 0 Å². The van der Waals surface area contributed by atoms with Gasteiger partial charge in [-0.05, 0) is 44.0 Å². The van der Waals surface area contributed by atoms with Crippen molar-refractivity contribution in [1.82, 2.24) is 4.90 Å². The van der Waals surface area contributed by atoms with Gasteiger partial charge in [-0.2, -0.15) is 0 Å². The fourth-order valence-corrected chi connectivity index (χ4v) is 4.35. The molecule has 0 aromatic heterocycles. The fraction of sp³-hybridized carbons (Fsp3) is 0.462. The van der Waals surface area contributed by atoms with Crippen molar-refractivity contribution in [2.45, 2.75) is 39.7 Å². The maximum atomic E-state index is 15.1. The van der Waals surface area contributed by atoms with Crippen molar-refractivity contribution in [3.8, 4) is 0 Å². The van der Waals surface area contributed by atoms with Crippen LogP contribution >= 0.6 is 0 Å². The molecular weight excluding hydrogens is 421 g/mol. The van der Waals surface area contributed by atoms with E-state index in [4.69, 9.17) is 4.74 Å². The van der Waals surface area contributed by atoms with E-state index in [2.05, 4.69) is 4.90 Å². The van der Waals surface area contributed by atoms with Crippen molar-refractivity contribution < 1.29 is 18.7 Å². The van der Waals surface area contributed by atoms with E-state index in [9.17, 15) is 9.59 Å². The van der Waals surface area contributed by atoms with E-state index in [1.54, 1.807) is 17.9 Å². The van der Waals surface area contributed by atoms with Gasteiger partial charge in [-0.1, -0.05) is 37.3 Å². The number of anilines is 2. The Morgan fingerprint density at radius 1 is 1.03 bits per heavy atom. The second kappa shape index (κ2) is 11.8. The van der Waals surface area contributed by atoms with E-state index >= 15 is 4.39 Å². The molecule has 7 heteroatoms. The Morgan fingerprint density at radius 2 is 1.73 bits per heavy atom. The van der Waals surface area contributed by atoms with Crippen molar-refractivity contribution >= 4 is 23.3 Å². The first-order valence-corrected chi connectivity index (χ1v) is 11.8. The van der Waals surface area contributed by atoms with Gasteiger partial charge in [-0.25, -0.2) is 9.18 Å². The number of carbonyl (C=O) groups is 2. The number of hydrogen-bond acceptors (Lipinski definition) is 5. The number of carbonyl (C=O) groups excluding carboxylic acids is 2. The number of nitrogens with zero attached hydrogens (tertiary/aromatic N) is 3. The molecule has 0 N–H and O–H groups in total. The summed E-state index contributed by atoms with van der Waals surface area (Å²) in [5.41, 5.74) is 2.00. The number of ether oxygens (including phenoxy) is 1. The molecule has 0 aliphatic carbocycles. The predicted octanol–water partition coefficient (Wildman–Crippen LogP) is 4.41. The number of amides is 1. The molecule has 1 fully saturated rings. The van der Waals surface area contributed by atoms with Crippen LogP contribution in [0.2, 0.25) is 0 Å². The first-order valence-electron chi connectivity index (χ1n) is 11.8. The molecule has 0 spiro atoms. The lowest BCUT2D eigenvalue weighted by atomic mass is 10.0. The summed E-state index contributed by atoms with van der Waals surface area (Å²) in [5, 5.41) is 0. The second-order valence-corrected chi connectivity index (χ2v) is 8.11. The van der Waals surface area contributed by atoms with Crippen molar-refractivity contribution in [2.24, 2.45) is 0 Å². The summed E-state index contributed by atoms with van der Waals surface area (Å²) in [4.78, 5) is 30.8. The number of hydrogen-bond donors (Lipinski definition) is 0. The molecule has 178 valence electrons. The third-order valence-electron chi connectivity index (χ3n) is 5.97. The van der Waals surface area contributed by atoms with Gasteiger partial charge in [-0.15, -0.1) is 0 Å². The SMILES string of the molecule is CCCC(=O)N(CC)c1ccc(N2CCN(C(C(=O)OCC)c3ccccc3)CC2)c(F)c1. The monoisotopic (exact) mass is 455 g/mol. The molecule has 1 amide bonds. The van der Waals surface area contributed by atoms with Crippen molar-refractivity contribution in [1.29, 1.82) is 0 Å². The minimum Gasteiger partial charge on any atom is -0.465 e. The highest BCUT2D eigenvalue weighted by Gasteiger charge is 2.32. The highest BCUT2D eigenvalue weighted by atomic mass is 19.1. The minimum absolute atomic E-state index is 0.00619. The Balaban J connectivity index is 1.72. The maximum Gasteiger partial charge on any atom is 0.328 e. The summed E-state index contributed by atoms with van der Waals surface area (Å²) < 4.78 is 20.4. The van der Waals surface area contributed by atoms with Crippen LogP contribution in [0.5, 0.6) is 0 Å². The standard InChI is InChI=1S/C26H34FN3O3/c1-4-10-24(31)30(5-2)21-13-14-23(22(27)19-21)28-15-17-29(18-16-28)25(26(32)33-6-3)20-11-8-7-9-12-20/h7-9,11-14,19,25H,4-6,10,15-18H2,1-3H3. The molecule has 1 heterocycles. The van der Waals surface area contributed by atoms with Gasteiger partial charge in [0.25, 0.3) is 0 Å². The molecule has 1 atom stereocenters. The molecule has 0 bridgehead atoms. The average Bonchev–Trinajstić information content (AvgIpc) is 2.82. The summed E-state index contributed by atoms with van der Waals surface area (Å²) in [5.74, 6) is -0.593. The van der Waals surface area contributed by atoms with Crippen LogP contribution in [0, 0.1) is 5.82 Å². The van der Waals surface area contributed by atoms with E-state index in [1.165, 1.54) is 6.07 Å². The van der Waals surface area contributed by atoms with Gasteiger partial charge < -0.3 is 14.5 Å². The summed E-state index contributed by atoms with van der Waals surface area (Å²) in [6.07, 6.45) is 1.21. The number of piperazine rings is 1. The third kappa shape index (κ3) is 5.90. The number of benzene rings is 2. The summed E-state index contributed by atoms with van der Waals surface area (Å²) in [6.45, 7) is 8.88. The summed E-state index contributed by atoms with van der Waals surface area (Å²) in [6, 6.07) is 14.2. The fourth-order valence-electron chi connectivity index (χ4n) is 4.35. The molecule has 6 nitrogen and oxygen atoms in total. The molecule has 33 heavy (non-hydrogen) atoms. The van der Waals surface area contributed by atoms with Crippen molar-refractivity contribution in [3.63, 3.8) is 0 Å². The lowest BCUT2D eigenvalue weighted by Crippen LogP contribution is -2.49. The van der Waals surface area contributed by atoms with Crippen molar-refractivity contribution in [3.05, 3.63) is 59.9 Å². The Hall–Kier alpha value is -2.93. The Labute approximate surface area is 195 Å². The van der Waals surface area contributed by atoms with Gasteiger partial charge in [0.2, 0.25) is 5.91 Å². The molecule has 1 aliphatic heterocycles. The predicted molar refractivity (Wildman–Crippen MR) is 129 cm³/mol. The van der Waals surface area contributed by atoms with Crippen LogP contribution in [0.4, 0.5) is 15.8 Å². The summed E-state index contributed by atoms with van der Waals surface area (Å²) in [7, 11) is 0. The number of rotatable bonds is 9. The third-order valence-corrected chi connectivity index (χ3v) is 5.97. The van der Waals surface area contributed by atoms with Gasteiger partial charge in [0.1, 0.15) is 11.9 Å². The van der Waals surface area contributed by atoms with Gasteiger partial charge >= 0.3 is 5.97 Å². The smallest absolute Gasteiger partial charge is 0.328 e. The van der Waals surface area contributed by atoms with Crippen LogP contribution in [-0.2, 0) is 14.3 Å². The van der Waals surface area contributed by atoms with Crippen LogP contribution in [0.25, 0.3) is 0 Å². The first kappa shape index (κ1) is 24.7. The van der Waals surface area contributed by atoms with E-state index < -0.39 is 6.04 Å². The molecular formula is C26H34FN3O3. The van der Waals surface area contributed by atoms with Crippen LogP contribution in [0.15, 0.2) is 48.5 Å². The highest BCUT2D eigenvalue weighted by Crippen LogP contribution is 2.29. The quantitative estimate of drug-likeness (QED) is 0.525. The zero-order valence-electron chi connectivity index (χ0n) is 19.8. The molecule has 1 aliphatic rings. The maximum absolute atomic E-state index is 15.1. The molecule has 1 unspecified atom stereocenters. The van der Waals surface area contributed by atoms with Gasteiger partial charge in [0.05, 0.1) is 12.3 Å². The van der Waals surface area contributed by atoms with Crippen LogP contribution in [-0.4, -0.2) is 56.1 Å². The number of esters is 1. The highest BCUT2D eigenvalue weighted by molar-refractivity contribution is 5.93. The Kier molecular flexibility index (Phi) is 8.83. The Morgan fingerprint density at radius 3 is 2.30 bits per heavy atom. The van der Waals surface area contributed by atoms with Crippen LogP contribution < -0.4 is 9.80 Å². The molecule has 2 aromatic carbocycles. The Bertz CT molecular complexity index is 930. The van der Waals surface area contributed by atoms with E-state index in [0.717, 1.165) is 12.0 Å². The first-order chi connectivity index (χ1) is 16.0. The molecule has 0 saturated carbocycles. The average molecular weight is 456 g/mol. The largest absolute Gasteiger partial charge is 0.465 e. The lowest BCUT2D eigenvalue weighted by molar-refractivity contribution is -0.150. The van der Waals surface area contributed by atoms with E-state index in [0.29, 0.717) is 57.1 Å². The van der Waals surface area contributed by atoms with E-state index in [1.807, 2.05) is 55.1 Å². The minimum atomic E-state index is -0.469. The number of halogens is 1. The normalized spacial score (nSPS) is 15.2. The topological polar surface area (TPSA) is 53.1 Å². The molecule has 0 radical (unpaired) electrons. The van der Waals surface area contributed by atoms with Crippen LogP contribution in [0.3, 0.4) is 0 Å². The summed E-state index contributed by atoms with van der Waals surface area (Å²) >= 11 is 0. The van der Waals surface area contributed by atoms with Gasteiger partial charge in [-0.3, -0.25) is 9.69 Å². The zero-order chi connectivity index (χ0) is 23.8. The second-order valence-electron chi connectivity index (χ2n) is 8.11. The lowest BCUT2D eigenvalue weighted by Gasteiger charge is -2.39. The zero-order valence-corrected chi connectivity index (χ0v) is 19.8. The van der Waals surface area contributed by atoms with Crippen LogP contribution in [0.1, 0.15) is 45.2 Å². The molecule has 3 rings (SSSR count).